The van der Waals surface area contributed by atoms with Gasteiger partial charge in [-0.2, -0.15) is 4.31 Å². The highest BCUT2D eigenvalue weighted by atomic mass is 79.9. The highest BCUT2D eigenvalue weighted by Gasteiger charge is 2.30. The second kappa shape index (κ2) is 12.0. The quantitative estimate of drug-likeness (QED) is 0.347. The van der Waals surface area contributed by atoms with Gasteiger partial charge in [-0.25, -0.2) is 18.2 Å². The van der Waals surface area contributed by atoms with Crippen molar-refractivity contribution < 1.29 is 18.3 Å². The Labute approximate surface area is 231 Å². The minimum atomic E-state index is -3.56. The van der Waals surface area contributed by atoms with E-state index >= 15 is 0 Å². The van der Waals surface area contributed by atoms with Crippen molar-refractivity contribution >= 4 is 60.8 Å². The van der Waals surface area contributed by atoms with Crippen LogP contribution in [0.3, 0.4) is 0 Å². The molecule has 1 N–H and O–H groups in total. The van der Waals surface area contributed by atoms with Gasteiger partial charge in [-0.15, -0.1) is 0 Å². The fraction of sp³-hybridized carbons (Fsp3) is 0.520. The number of benzene rings is 1. The average molecular weight is 619 g/mol. The van der Waals surface area contributed by atoms with Gasteiger partial charge < -0.3 is 10.0 Å². The van der Waals surface area contributed by atoms with Crippen LogP contribution in [0.5, 0.6) is 0 Å². The summed E-state index contributed by atoms with van der Waals surface area (Å²) in [5.41, 5.74) is 1.11. The van der Waals surface area contributed by atoms with Crippen molar-refractivity contribution in [3.05, 3.63) is 50.7 Å². The van der Waals surface area contributed by atoms with Gasteiger partial charge in [-0.3, -0.25) is 0 Å². The van der Waals surface area contributed by atoms with E-state index in [0.29, 0.717) is 34.4 Å². The Balaban J connectivity index is 1.18. The lowest BCUT2D eigenvalue weighted by Crippen LogP contribution is -2.38. The molecular weight excluding hydrogens is 589 g/mol. The molecule has 0 bridgehead atoms. The predicted molar refractivity (Wildman–Crippen MR) is 146 cm³/mol. The maximum atomic E-state index is 13.0. The summed E-state index contributed by atoms with van der Waals surface area (Å²) in [5, 5.41) is 9.86. The lowest BCUT2D eigenvalue weighted by Gasteiger charge is -2.35. The van der Waals surface area contributed by atoms with Crippen LogP contribution in [-0.2, 0) is 10.0 Å². The maximum absolute atomic E-state index is 13.0. The minimum absolute atomic E-state index is 0.169. The Kier molecular flexibility index (Phi) is 9.20. The Morgan fingerprint density at radius 2 is 1.64 bits per heavy atom. The van der Waals surface area contributed by atoms with Crippen molar-refractivity contribution in [1.29, 1.82) is 0 Å². The zero-order chi connectivity index (χ0) is 25.9. The summed E-state index contributed by atoms with van der Waals surface area (Å²) >= 11 is 15.5. The fourth-order valence-electron chi connectivity index (χ4n) is 5.19. The van der Waals surface area contributed by atoms with Crippen LogP contribution >= 0.6 is 39.1 Å². The van der Waals surface area contributed by atoms with Crippen LogP contribution in [0.4, 0.5) is 5.69 Å². The number of halogens is 3. The third-order valence-electron chi connectivity index (χ3n) is 7.36. The summed E-state index contributed by atoms with van der Waals surface area (Å²) in [7, 11) is -3.56. The molecule has 2 aliphatic heterocycles. The summed E-state index contributed by atoms with van der Waals surface area (Å²) in [6.07, 6.45) is 8.74. The Morgan fingerprint density at radius 3 is 2.19 bits per heavy atom. The molecule has 2 aromatic rings. The van der Waals surface area contributed by atoms with Crippen molar-refractivity contribution in [2.75, 3.05) is 31.1 Å². The van der Waals surface area contributed by atoms with Crippen molar-refractivity contribution in [3.63, 3.8) is 0 Å². The van der Waals surface area contributed by atoms with E-state index in [-0.39, 0.29) is 15.6 Å². The number of aromatic carboxylic acids is 1. The summed E-state index contributed by atoms with van der Waals surface area (Å²) in [6.45, 7) is 2.91. The van der Waals surface area contributed by atoms with E-state index < -0.39 is 16.0 Å². The first-order valence-corrected chi connectivity index (χ1v) is 15.2. The minimum Gasteiger partial charge on any atom is -0.478 e. The van der Waals surface area contributed by atoms with E-state index in [0.717, 1.165) is 57.3 Å². The number of sulfonamides is 1. The number of pyridine rings is 1. The Bertz CT molecular complexity index is 1200. The standard InChI is InChI=1S/C25H30BrCl2N3O4S/c26-21-15-20(16-29-24(21)28)36(34,35)31-12-8-18(9-13-31)3-1-2-17-6-10-30(11-7-17)23-5-4-19(25(32)33)14-22(23)27/h4-5,14-18H,1-3,6-13H2,(H,32,33). The molecule has 2 saturated heterocycles. The van der Waals surface area contributed by atoms with Crippen molar-refractivity contribution in [3.8, 4) is 0 Å². The number of piperidine rings is 2. The molecule has 1 aromatic carbocycles. The van der Waals surface area contributed by atoms with Gasteiger partial charge >= 0.3 is 5.97 Å². The number of carboxylic acid groups (broad SMARTS) is 1. The third kappa shape index (κ3) is 6.54. The normalized spacial score (nSPS) is 18.5. The van der Waals surface area contributed by atoms with Gasteiger partial charge in [-0.05, 0) is 77.7 Å². The Morgan fingerprint density at radius 1 is 1.03 bits per heavy atom. The zero-order valence-electron chi connectivity index (χ0n) is 19.9. The molecule has 4 rings (SSSR count). The monoisotopic (exact) mass is 617 g/mol. The molecule has 0 saturated carbocycles. The van der Waals surface area contributed by atoms with Gasteiger partial charge in [0.05, 0.1) is 20.7 Å². The van der Waals surface area contributed by atoms with Crippen LogP contribution in [0, 0.1) is 11.8 Å². The summed E-state index contributed by atoms with van der Waals surface area (Å²) in [5.74, 6) is 0.259. The highest BCUT2D eigenvalue weighted by Crippen LogP contribution is 2.33. The van der Waals surface area contributed by atoms with Crippen LogP contribution in [-0.4, -0.2) is 55.0 Å². The SMILES string of the molecule is O=C(O)c1ccc(N2CCC(CCCC3CCN(S(=O)(=O)c4cnc(Cl)c(Br)c4)CC3)CC2)c(Cl)c1. The molecule has 36 heavy (non-hydrogen) atoms. The van der Waals surface area contributed by atoms with Gasteiger partial charge in [0.2, 0.25) is 10.0 Å². The number of carboxylic acids is 1. The summed E-state index contributed by atoms with van der Waals surface area (Å²) in [4.78, 5) is 17.5. The van der Waals surface area contributed by atoms with Crippen molar-refractivity contribution in [1.82, 2.24) is 9.29 Å². The zero-order valence-corrected chi connectivity index (χ0v) is 23.8. The molecule has 0 unspecified atom stereocenters. The van der Waals surface area contributed by atoms with E-state index in [9.17, 15) is 13.2 Å². The summed E-state index contributed by atoms with van der Waals surface area (Å²) in [6, 6.07) is 6.45. The number of anilines is 1. The molecule has 0 spiro atoms. The molecule has 0 radical (unpaired) electrons. The molecule has 3 heterocycles. The Hall–Kier alpha value is -1.39. The van der Waals surface area contributed by atoms with Crippen molar-refractivity contribution in [2.24, 2.45) is 11.8 Å². The van der Waals surface area contributed by atoms with E-state index in [2.05, 4.69) is 25.8 Å². The third-order valence-corrected chi connectivity index (χ3v) is 10.7. The molecule has 11 heteroatoms. The first-order valence-electron chi connectivity index (χ1n) is 12.2. The molecule has 7 nitrogen and oxygen atoms in total. The maximum Gasteiger partial charge on any atom is 0.335 e. The van der Waals surface area contributed by atoms with Gasteiger partial charge in [0, 0.05) is 32.4 Å². The highest BCUT2D eigenvalue weighted by molar-refractivity contribution is 9.10. The molecule has 2 aliphatic rings. The van der Waals surface area contributed by atoms with Crippen LogP contribution < -0.4 is 4.90 Å². The molecule has 0 amide bonds. The van der Waals surface area contributed by atoms with Gasteiger partial charge in [0.15, 0.2) is 0 Å². The number of carbonyl (C=O) groups is 1. The van der Waals surface area contributed by atoms with E-state index in [1.807, 2.05) is 0 Å². The van der Waals surface area contributed by atoms with E-state index in [1.54, 1.807) is 16.4 Å². The van der Waals surface area contributed by atoms with Crippen LogP contribution in [0.2, 0.25) is 10.2 Å². The number of aromatic nitrogens is 1. The number of nitrogens with zero attached hydrogens (tertiary/aromatic N) is 3. The second-order valence-electron chi connectivity index (χ2n) is 9.62. The second-order valence-corrected chi connectivity index (χ2v) is 13.2. The molecular formula is C25H30BrCl2N3O4S. The van der Waals surface area contributed by atoms with Gasteiger partial charge in [-0.1, -0.05) is 42.5 Å². The topological polar surface area (TPSA) is 90.8 Å². The van der Waals surface area contributed by atoms with Crippen molar-refractivity contribution in [2.45, 2.75) is 49.8 Å². The number of hydrogen-bond donors (Lipinski definition) is 1. The molecule has 196 valence electrons. The first-order chi connectivity index (χ1) is 17.1. The van der Waals surface area contributed by atoms with Crippen LogP contribution in [0.25, 0.3) is 0 Å². The largest absolute Gasteiger partial charge is 0.478 e. The number of rotatable bonds is 8. The smallest absolute Gasteiger partial charge is 0.335 e. The fourth-order valence-corrected chi connectivity index (χ4v) is 7.53. The van der Waals surface area contributed by atoms with Gasteiger partial charge in [0.25, 0.3) is 0 Å². The lowest BCUT2D eigenvalue weighted by atomic mass is 9.87. The predicted octanol–water partition coefficient (Wildman–Crippen LogP) is 6.34. The van der Waals surface area contributed by atoms with Crippen LogP contribution in [0.1, 0.15) is 55.3 Å². The molecule has 1 aromatic heterocycles. The first kappa shape index (κ1) is 27.6. The number of hydrogen-bond acceptors (Lipinski definition) is 5. The molecule has 0 atom stereocenters. The molecule has 2 fully saturated rings. The molecule has 0 aliphatic carbocycles. The van der Waals surface area contributed by atoms with Gasteiger partial charge in [0.1, 0.15) is 10.0 Å². The average Bonchev–Trinajstić information content (AvgIpc) is 2.86. The van der Waals surface area contributed by atoms with E-state index in [1.165, 1.54) is 24.8 Å². The van der Waals surface area contributed by atoms with E-state index in [4.69, 9.17) is 28.3 Å². The lowest BCUT2D eigenvalue weighted by molar-refractivity contribution is 0.0697. The van der Waals surface area contributed by atoms with Crippen LogP contribution in [0.15, 0.2) is 39.8 Å². The summed E-state index contributed by atoms with van der Waals surface area (Å²) < 4.78 is 28.0.